The first-order valence-corrected chi connectivity index (χ1v) is 6.63. The number of benzene rings is 1. The number of carbonyl (C=O) groups is 1. The Balaban J connectivity index is 2.19. The molecule has 0 bridgehead atoms. The van der Waals surface area contributed by atoms with Crippen molar-refractivity contribution in [3.63, 3.8) is 0 Å². The monoisotopic (exact) mass is 284 g/mol. The Kier molecular flexibility index (Phi) is 2.83. The van der Waals surface area contributed by atoms with Crippen molar-refractivity contribution in [2.75, 3.05) is 0 Å². The van der Waals surface area contributed by atoms with E-state index in [4.69, 9.17) is 5.11 Å². The Hall–Kier alpha value is -2.63. The van der Waals surface area contributed by atoms with Crippen LogP contribution in [0.3, 0.4) is 0 Å². The van der Waals surface area contributed by atoms with Gasteiger partial charge in [0.15, 0.2) is 0 Å². The smallest absolute Gasteiger partial charge is 0.335 e. The second-order valence-corrected chi connectivity index (χ2v) is 6.05. The fourth-order valence-electron chi connectivity index (χ4n) is 2.40. The zero-order chi connectivity index (χ0) is 15.2. The van der Waals surface area contributed by atoms with Gasteiger partial charge in [-0.1, -0.05) is 20.8 Å². The van der Waals surface area contributed by atoms with E-state index in [2.05, 4.69) is 41.2 Å². The highest BCUT2D eigenvalue weighted by atomic mass is 16.4. The standard InChI is InChI=1S/C15H16N4O2/c1-15(2,3)13-10(7-16-19-13)12-9-5-4-8(14(20)21)6-11(9)17-18-12/h4-7H,1-3H3,(H,16,19)(H,17,18)(H,20,21). The number of aromatic carboxylic acids is 1. The first-order valence-electron chi connectivity index (χ1n) is 6.63. The van der Waals surface area contributed by atoms with Crippen LogP contribution in [0.5, 0.6) is 0 Å². The van der Waals surface area contributed by atoms with E-state index >= 15 is 0 Å². The minimum absolute atomic E-state index is 0.0852. The number of carboxylic acids is 1. The molecule has 1 aromatic carbocycles. The van der Waals surface area contributed by atoms with Crippen LogP contribution in [0.1, 0.15) is 36.8 Å². The molecule has 0 saturated carbocycles. The first-order chi connectivity index (χ1) is 9.88. The number of H-pyrrole nitrogens is 2. The van der Waals surface area contributed by atoms with Crippen LogP contribution >= 0.6 is 0 Å². The normalized spacial score (nSPS) is 12.0. The van der Waals surface area contributed by atoms with E-state index < -0.39 is 5.97 Å². The van der Waals surface area contributed by atoms with E-state index in [0.717, 1.165) is 22.3 Å². The molecule has 3 aromatic rings. The number of rotatable bonds is 2. The van der Waals surface area contributed by atoms with Gasteiger partial charge in [-0.2, -0.15) is 10.2 Å². The Bertz CT molecular complexity index is 824. The third-order valence-corrected chi connectivity index (χ3v) is 3.45. The lowest BCUT2D eigenvalue weighted by atomic mass is 9.88. The summed E-state index contributed by atoms with van der Waals surface area (Å²) in [6, 6.07) is 4.95. The molecule has 3 N–H and O–H groups in total. The molecule has 0 atom stereocenters. The Morgan fingerprint density at radius 1 is 1.24 bits per heavy atom. The molecule has 2 aromatic heterocycles. The van der Waals surface area contributed by atoms with Gasteiger partial charge in [-0.25, -0.2) is 4.79 Å². The highest BCUT2D eigenvalue weighted by Gasteiger charge is 2.23. The molecular formula is C15H16N4O2. The molecule has 108 valence electrons. The number of fused-ring (bicyclic) bond motifs is 1. The molecule has 0 saturated heterocycles. The molecule has 0 aliphatic heterocycles. The number of carboxylic acid groups (broad SMARTS) is 1. The summed E-state index contributed by atoms with van der Waals surface area (Å²) in [5, 5.41) is 24.3. The molecule has 0 aliphatic rings. The van der Waals surface area contributed by atoms with Crippen molar-refractivity contribution in [1.29, 1.82) is 0 Å². The van der Waals surface area contributed by atoms with Gasteiger partial charge in [-0.05, 0) is 18.2 Å². The second kappa shape index (κ2) is 4.44. The predicted molar refractivity (Wildman–Crippen MR) is 79.3 cm³/mol. The summed E-state index contributed by atoms with van der Waals surface area (Å²) in [7, 11) is 0. The average molecular weight is 284 g/mol. The van der Waals surface area contributed by atoms with Crippen LogP contribution in [0, 0.1) is 0 Å². The van der Waals surface area contributed by atoms with Gasteiger partial charge in [0.05, 0.1) is 17.3 Å². The summed E-state index contributed by atoms with van der Waals surface area (Å²) in [6.07, 6.45) is 1.75. The molecule has 0 amide bonds. The van der Waals surface area contributed by atoms with E-state index in [0.29, 0.717) is 5.52 Å². The number of aromatic amines is 2. The lowest BCUT2D eigenvalue weighted by molar-refractivity contribution is 0.0697. The molecule has 6 heteroatoms. The lowest BCUT2D eigenvalue weighted by Crippen LogP contribution is -2.13. The average Bonchev–Trinajstić information content (AvgIpc) is 3.02. The van der Waals surface area contributed by atoms with Crippen LogP contribution in [-0.2, 0) is 5.41 Å². The minimum atomic E-state index is -0.952. The van der Waals surface area contributed by atoms with Crippen LogP contribution in [0.15, 0.2) is 24.4 Å². The summed E-state index contributed by atoms with van der Waals surface area (Å²) < 4.78 is 0. The van der Waals surface area contributed by atoms with Gasteiger partial charge in [0.1, 0.15) is 5.69 Å². The molecule has 0 unspecified atom stereocenters. The number of hydrogen-bond donors (Lipinski definition) is 3. The van der Waals surface area contributed by atoms with Gasteiger partial charge in [0, 0.05) is 22.1 Å². The Morgan fingerprint density at radius 2 is 2.00 bits per heavy atom. The number of hydrogen-bond acceptors (Lipinski definition) is 3. The minimum Gasteiger partial charge on any atom is -0.478 e. The van der Waals surface area contributed by atoms with Crippen molar-refractivity contribution < 1.29 is 9.90 Å². The summed E-state index contributed by atoms with van der Waals surface area (Å²) >= 11 is 0. The highest BCUT2D eigenvalue weighted by molar-refractivity contribution is 5.98. The SMILES string of the molecule is CC(C)(C)c1[nH]ncc1-c1n[nH]c2cc(C(=O)O)ccc12. The van der Waals surface area contributed by atoms with Crippen LogP contribution in [0.25, 0.3) is 22.2 Å². The third-order valence-electron chi connectivity index (χ3n) is 3.45. The summed E-state index contributed by atoms with van der Waals surface area (Å²) in [5.74, 6) is -0.952. The maximum Gasteiger partial charge on any atom is 0.335 e. The summed E-state index contributed by atoms with van der Waals surface area (Å²) in [6.45, 7) is 6.30. The fourth-order valence-corrected chi connectivity index (χ4v) is 2.40. The van der Waals surface area contributed by atoms with Gasteiger partial charge in [-0.3, -0.25) is 10.2 Å². The van der Waals surface area contributed by atoms with Crippen molar-refractivity contribution in [2.45, 2.75) is 26.2 Å². The molecule has 2 heterocycles. The zero-order valence-corrected chi connectivity index (χ0v) is 12.1. The van der Waals surface area contributed by atoms with Crippen LogP contribution < -0.4 is 0 Å². The summed E-state index contributed by atoms with van der Waals surface area (Å²) in [5.41, 5.74) is 3.56. The van der Waals surface area contributed by atoms with Crippen LogP contribution in [0.4, 0.5) is 0 Å². The second-order valence-electron chi connectivity index (χ2n) is 6.05. The van der Waals surface area contributed by atoms with E-state index in [1.807, 2.05) is 0 Å². The van der Waals surface area contributed by atoms with E-state index in [1.54, 1.807) is 24.4 Å². The predicted octanol–water partition coefficient (Wildman–Crippen LogP) is 2.95. The van der Waals surface area contributed by atoms with Gasteiger partial charge in [0.2, 0.25) is 0 Å². The maximum absolute atomic E-state index is 11.0. The van der Waals surface area contributed by atoms with Gasteiger partial charge >= 0.3 is 5.97 Å². The molecule has 3 rings (SSSR count). The molecule has 21 heavy (non-hydrogen) atoms. The highest BCUT2D eigenvalue weighted by Crippen LogP contribution is 2.33. The van der Waals surface area contributed by atoms with E-state index in [-0.39, 0.29) is 11.0 Å². The van der Waals surface area contributed by atoms with Crippen molar-refractivity contribution in [3.8, 4) is 11.3 Å². The Morgan fingerprint density at radius 3 is 2.67 bits per heavy atom. The molecular weight excluding hydrogens is 268 g/mol. The number of aromatic nitrogens is 4. The van der Waals surface area contributed by atoms with E-state index in [9.17, 15) is 4.79 Å². The quantitative estimate of drug-likeness (QED) is 0.674. The molecule has 0 fully saturated rings. The molecule has 0 aliphatic carbocycles. The van der Waals surface area contributed by atoms with Crippen LogP contribution in [-0.4, -0.2) is 31.5 Å². The molecule has 0 spiro atoms. The fraction of sp³-hybridized carbons (Fsp3) is 0.267. The number of nitrogens with one attached hydrogen (secondary N) is 2. The molecule has 6 nitrogen and oxygen atoms in total. The van der Waals surface area contributed by atoms with E-state index in [1.165, 1.54) is 0 Å². The van der Waals surface area contributed by atoms with Gasteiger partial charge in [0.25, 0.3) is 0 Å². The summed E-state index contributed by atoms with van der Waals surface area (Å²) in [4.78, 5) is 11.0. The van der Waals surface area contributed by atoms with Gasteiger partial charge < -0.3 is 5.11 Å². The lowest BCUT2D eigenvalue weighted by Gasteiger charge is -2.17. The van der Waals surface area contributed by atoms with Crippen LogP contribution in [0.2, 0.25) is 0 Å². The van der Waals surface area contributed by atoms with Crippen molar-refractivity contribution in [2.24, 2.45) is 0 Å². The first kappa shape index (κ1) is 13.4. The largest absolute Gasteiger partial charge is 0.478 e. The van der Waals surface area contributed by atoms with Gasteiger partial charge in [-0.15, -0.1) is 0 Å². The van der Waals surface area contributed by atoms with Crippen molar-refractivity contribution >= 4 is 16.9 Å². The third kappa shape index (κ3) is 2.18. The Labute approximate surface area is 121 Å². The van der Waals surface area contributed by atoms with Crippen molar-refractivity contribution in [1.82, 2.24) is 20.4 Å². The van der Waals surface area contributed by atoms with Crippen molar-refractivity contribution in [3.05, 3.63) is 35.7 Å². The zero-order valence-electron chi connectivity index (χ0n) is 12.1. The maximum atomic E-state index is 11.0. The molecule has 0 radical (unpaired) electrons. The topological polar surface area (TPSA) is 94.7 Å². The number of nitrogens with zero attached hydrogens (tertiary/aromatic N) is 2.